The van der Waals surface area contributed by atoms with Crippen LogP contribution in [0, 0.1) is 0 Å². The second kappa shape index (κ2) is 5.83. The largest absolute Gasteiger partial charge is 0.478 e. The number of nitrogens with zero attached hydrogens (tertiary/aromatic N) is 1. The lowest BCUT2D eigenvalue weighted by molar-refractivity contribution is 0.0697. The van der Waals surface area contributed by atoms with Crippen molar-refractivity contribution >= 4 is 21.7 Å². The lowest BCUT2D eigenvalue weighted by Crippen LogP contribution is -2.28. The van der Waals surface area contributed by atoms with Crippen LogP contribution in [-0.4, -0.2) is 50.2 Å². The molecule has 0 atom stereocenters. The molecule has 1 aromatic rings. The molecule has 7 heteroatoms. The minimum absolute atomic E-state index is 0.0443. The van der Waals surface area contributed by atoms with Gasteiger partial charge in [-0.05, 0) is 18.2 Å². The van der Waals surface area contributed by atoms with E-state index in [-0.39, 0.29) is 17.9 Å². The summed E-state index contributed by atoms with van der Waals surface area (Å²) >= 11 is 0. The predicted molar refractivity (Wildman–Crippen MR) is 69.4 cm³/mol. The SMILES string of the molecule is CN(C)S(=O)(=O)CCNc1cccc(C(=O)O)c1. The Labute approximate surface area is 106 Å². The van der Waals surface area contributed by atoms with E-state index < -0.39 is 16.0 Å². The van der Waals surface area contributed by atoms with Crippen molar-refractivity contribution in [2.75, 3.05) is 31.7 Å². The molecule has 0 aliphatic rings. The number of nitrogens with one attached hydrogen (secondary N) is 1. The van der Waals surface area contributed by atoms with Gasteiger partial charge >= 0.3 is 5.97 Å². The maximum Gasteiger partial charge on any atom is 0.335 e. The standard InChI is InChI=1S/C11H16N2O4S/c1-13(2)18(16,17)7-6-12-10-5-3-4-9(8-10)11(14)15/h3-5,8,12H,6-7H2,1-2H3,(H,14,15). The van der Waals surface area contributed by atoms with Gasteiger partial charge in [0.15, 0.2) is 0 Å². The highest BCUT2D eigenvalue weighted by molar-refractivity contribution is 7.89. The second-order valence-corrected chi connectivity index (χ2v) is 6.21. The zero-order valence-electron chi connectivity index (χ0n) is 10.3. The summed E-state index contributed by atoms with van der Waals surface area (Å²) in [4.78, 5) is 10.7. The topological polar surface area (TPSA) is 86.7 Å². The van der Waals surface area contributed by atoms with Crippen LogP contribution in [0.1, 0.15) is 10.4 Å². The third kappa shape index (κ3) is 4.01. The number of sulfonamides is 1. The van der Waals surface area contributed by atoms with Gasteiger partial charge in [0, 0.05) is 26.3 Å². The van der Waals surface area contributed by atoms with Gasteiger partial charge in [0.1, 0.15) is 0 Å². The van der Waals surface area contributed by atoms with Gasteiger partial charge in [-0.2, -0.15) is 0 Å². The number of hydrogen-bond acceptors (Lipinski definition) is 4. The van der Waals surface area contributed by atoms with Gasteiger partial charge in [0.05, 0.1) is 11.3 Å². The molecule has 0 aliphatic heterocycles. The van der Waals surface area contributed by atoms with E-state index in [1.807, 2.05) is 0 Å². The van der Waals surface area contributed by atoms with E-state index in [0.29, 0.717) is 5.69 Å². The van der Waals surface area contributed by atoms with Gasteiger partial charge in [0.2, 0.25) is 10.0 Å². The molecule has 0 unspecified atom stereocenters. The number of carboxylic acids is 1. The maximum atomic E-state index is 11.5. The summed E-state index contributed by atoms with van der Waals surface area (Å²) in [6.45, 7) is 0.226. The van der Waals surface area contributed by atoms with Crippen molar-refractivity contribution in [1.82, 2.24) is 4.31 Å². The van der Waals surface area contributed by atoms with Gasteiger partial charge in [-0.15, -0.1) is 0 Å². The monoisotopic (exact) mass is 272 g/mol. The minimum Gasteiger partial charge on any atom is -0.478 e. The average Bonchev–Trinajstić information content (AvgIpc) is 2.29. The summed E-state index contributed by atoms with van der Waals surface area (Å²) in [5, 5.41) is 11.7. The quantitative estimate of drug-likeness (QED) is 0.795. The Morgan fingerprint density at radius 1 is 1.39 bits per heavy atom. The lowest BCUT2D eigenvalue weighted by atomic mass is 10.2. The molecule has 100 valence electrons. The normalized spacial score (nSPS) is 11.5. The van der Waals surface area contributed by atoms with Crippen molar-refractivity contribution in [2.24, 2.45) is 0 Å². The van der Waals surface area contributed by atoms with Crippen molar-refractivity contribution in [3.05, 3.63) is 29.8 Å². The highest BCUT2D eigenvalue weighted by Gasteiger charge is 2.12. The smallest absolute Gasteiger partial charge is 0.335 e. The van der Waals surface area contributed by atoms with Crippen molar-refractivity contribution in [1.29, 1.82) is 0 Å². The molecule has 0 saturated heterocycles. The molecule has 0 spiro atoms. The number of carbonyl (C=O) groups is 1. The Balaban J connectivity index is 2.60. The van der Waals surface area contributed by atoms with Crippen LogP contribution in [0.15, 0.2) is 24.3 Å². The molecule has 0 aliphatic carbocycles. The zero-order valence-corrected chi connectivity index (χ0v) is 11.1. The number of benzene rings is 1. The molecule has 0 amide bonds. The van der Waals surface area contributed by atoms with Crippen LogP contribution < -0.4 is 5.32 Å². The fourth-order valence-corrected chi connectivity index (χ4v) is 1.99. The average molecular weight is 272 g/mol. The van der Waals surface area contributed by atoms with Crippen LogP contribution in [0.25, 0.3) is 0 Å². The van der Waals surface area contributed by atoms with E-state index in [0.717, 1.165) is 4.31 Å². The molecule has 18 heavy (non-hydrogen) atoms. The number of anilines is 1. The highest BCUT2D eigenvalue weighted by Crippen LogP contribution is 2.10. The second-order valence-electron chi connectivity index (χ2n) is 3.91. The van der Waals surface area contributed by atoms with Crippen LogP contribution in [0.2, 0.25) is 0 Å². The van der Waals surface area contributed by atoms with E-state index >= 15 is 0 Å². The van der Waals surface area contributed by atoms with E-state index in [9.17, 15) is 13.2 Å². The molecule has 0 saturated carbocycles. The van der Waals surface area contributed by atoms with Gasteiger partial charge in [-0.1, -0.05) is 6.07 Å². The van der Waals surface area contributed by atoms with Gasteiger partial charge in [-0.25, -0.2) is 17.5 Å². The van der Waals surface area contributed by atoms with Gasteiger partial charge in [-0.3, -0.25) is 0 Å². The summed E-state index contributed by atoms with van der Waals surface area (Å²) in [6.07, 6.45) is 0. The number of rotatable bonds is 6. The Morgan fingerprint density at radius 2 is 2.06 bits per heavy atom. The Hall–Kier alpha value is -1.60. The first-order valence-corrected chi connectivity index (χ1v) is 6.91. The number of hydrogen-bond donors (Lipinski definition) is 2. The third-order valence-electron chi connectivity index (χ3n) is 2.36. The van der Waals surface area contributed by atoms with Crippen LogP contribution in [0.3, 0.4) is 0 Å². The molecular weight excluding hydrogens is 256 g/mol. The minimum atomic E-state index is -3.24. The fourth-order valence-electron chi connectivity index (χ4n) is 1.27. The van der Waals surface area contributed by atoms with Crippen molar-refractivity contribution in [3.63, 3.8) is 0 Å². The maximum absolute atomic E-state index is 11.5. The predicted octanol–water partition coefficient (Wildman–Crippen LogP) is 0.688. The van der Waals surface area contributed by atoms with Crippen LogP contribution >= 0.6 is 0 Å². The van der Waals surface area contributed by atoms with Crippen molar-refractivity contribution < 1.29 is 18.3 Å². The molecule has 0 fully saturated rings. The first kappa shape index (κ1) is 14.5. The first-order valence-electron chi connectivity index (χ1n) is 5.30. The Kier molecular flexibility index (Phi) is 4.69. The molecule has 0 aromatic heterocycles. The van der Waals surface area contributed by atoms with E-state index in [2.05, 4.69) is 5.32 Å². The Morgan fingerprint density at radius 3 is 2.61 bits per heavy atom. The van der Waals surface area contributed by atoms with Crippen molar-refractivity contribution in [3.8, 4) is 0 Å². The van der Waals surface area contributed by atoms with E-state index in [1.165, 1.54) is 26.2 Å². The highest BCUT2D eigenvalue weighted by atomic mass is 32.2. The fraction of sp³-hybridized carbons (Fsp3) is 0.364. The van der Waals surface area contributed by atoms with Crippen LogP contribution in [-0.2, 0) is 10.0 Å². The summed E-state index contributed by atoms with van der Waals surface area (Å²) in [7, 11) is -0.295. The summed E-state index contributed by atoms with van der Waals surface area (Å²) in [6, 6.07) is 6.23. The van der Waals surface area contributed by atoms with E-state index in [4.69, 9.17) is 5.11 Å². The molecule has 1 rings (SSSR count). The van der Waals surface area contributed by atoms with Crippen LogP contribution in [0.5, 0.6) is 0 Å². The van der Waals surface area contributed by atoms with Gasteiger partial charge in [0.25, 0.3) is 0 Å². The molecule has 2 N–H and O–H groups in total. The number of carboxylic acid groups (broad SMARTS) is 1. The third-order valence-corrected chi connectivity index (χ3v) is 4.19. The molecule has 0 radical (unpaired) electrons. The Bertz CT molecular complexity index is 526. The molecule has 0 bridgehead atoms. The zero-order chi connectivity index (χ0) is 13.8. The van der Waals surface area contributed by atoms with Crippen LogP contribution in [0.4, 0.5) is 5.69 Å². The molecule has 6 nitrogen and oxygen atoms in total. The summed E-state index contributed by atoms with van der Waals surface area (Å²) < 4.78 is 24.1. The number of aromatic carboxylic acids is 1. The van der Waals surface area contributed by atoms with Crippen molar-refractivity contribution in [2.45, 2.75) is 0 Å². The summed E-state index contributed by atoms with van der Waals surface area (Å²) in [5.74, 6) is -1.06. The summed E-state index contributed by atoms with van der Waals surface area (Å²) in [5.41, 5.74) is 0.749. The molecule has 1 aromatic carbocycles. The molecule has 0 heterocycles. The first-order chi connectivity index (χ1) is 8.33. The van der Waals surface area contributed by atoms with Gasteiger partial charge < -0.3 is 10.4 Å². The van der Waals surface area contributed by atoms with E-state index in [1.54, 1.807) is 12.1 Å². The molecular formula is C11H16N2O4S. The lowest BCUT2D eigenvalue weighted by Gasteiger charge is -2.12.